The molecule has 0 unspecified atom stereocenters. The number of benzene rings is 1. The summed E-state index contributed by atoms with van der Waals surface area (Å²) in [6.45, 7) is 5.31. The van der Waals surface area contributed by atoms with Gasteiger partial charge in [0.2, 0.25) is 0 Å². The Morgan fingerprint density at radius 1 is 1.33 bits per heavy atom. The minimum atomic E-state index is -0.386. The molecule has 1 heterocycles. The average molecular weight is 265 g/mol. The van der Waals surface area contributed by atoms with Gasteiger partial charge in [-0.2, -0.15) is 0 Å². The summed E-state index contributed by atoms with van der Waals surface area (Å²) in [5, 5.41) is 1.05. The van der Waals surface area contributed by atoms with Crippen LogP contribution in [0.4, 0.5) is 0 Å². The van der Waals surface area contributed by atoms with Crippen LogP contribution in [0.2, 0.25) is 5.15 Å². The van der Waals surface area contributed by atoms with Gasteiger partial charge in [0, 0.05) is 18.2 Å². The minimum Gasteiger partial charge on any atom is -0.424 e. The summed E-state index contributed by atoms with van der Waals surface area (Å²) in [6.07, 6.45) is 0. The van der Waals surface area contributed by atoms with Gasteiger partial charge in [0.25, 0.3) is 0 Å². The number of ether oxygens (including phenoxy) is 1. The van der Waals surface area contributed by atoms with Crippen LogP contribution in [0.3, 0.4) is 0 Å². The van der Waals surface area contributed by atoms with Gasteiger partial charge in [0.1, 0.15) is 16.5 Å². The molecule has 0 N–H and O–H groups in total. The second-order valence-electron chi connectivity index (χ2n) is 4.27. The van der Waals surface area contributed by atoms with Crippen molar-refractivity contribution in [3.05, 3.63) is 29.2 Å². The molecule has 0 amide bonds. The van der Waals surface area contributed by atoms with E-state index in [9.17, 15) is 4.79 Å². The van der Waals surface area contributed by atoms with Crippen molar-refractivity contribution in [2.24, 2.45) is 0 Å². The summed E-state index contributed by atoms with van der Waals surface area (Å²) in [4.78, 5) is 19.7. The number of hydrogen-bond donors (Lipinski definition) is 0. The Kier molecular flexibility index (Phi) is 3.48. The van der Waals surface area contributed by atoms with E-state index in [1.54, 1.807) is 18.2 Å². The summed E-state index contributed by atoms with van der Waals surface area (Å²) < 4.78 is 5.13. The number of rotatable bonds is 2. The number of nitrogens with zero attached hydrogens (tertiary/aromatic N) is 2. The third kappa shape index (κ3) is 2.43. The van der Waals surface area contributed by atoms with Gasteiger partial charge in [-0.15, -0.1) is 0 Å². The second kappa shape index (κ2) is 4.90. The summed E-state index contributed by atoms with van der Waals surface area (Å²) in [6, 6.07) is 5.25. The largest absolute Gasteiger partial charge is 0.424 e. The number of esters is 1. The van der Waals surface area contributed by atoms with E-state index in [1.165, 1.54) is 6.92 Å². The Labute approximate surface area is 110 Å². The highest BCUT2D eigenvalue weighted by atomic mass is 35.5. The lowest BCUT2D eigenvalue weighted by molar-refractivity contribution is -0.131. The summed E-state index contributed by atoms with van der Waals surface area (Å²) in [5.74, 6) is 0.805. The van der Waals surface area contributed by atoms with Gasteiger partial charge in [-0.3, -0.25) is 4.79 Å². The molecule has 0 saturated heterocycles. The number of hydrogen-bond acceptors (Lipinski definition) is 4. The van der Waals surface area contributed by atoms with Gasteiger partial charge in [0.15, 0.2) is 5.75 Å². The summed E-state index contributed by atoms with van der Waals surface area (Å²) >= 11 is 6.12. The first-order valence-electron chi connectivity index (χ1n) is 5.63. The monoisotopic (exact) mass is 264 g/mol. The van der Waals surface area contributed by atoms with Crippen molar-refractivity contribution < 1.29 is 9.53 Å². The Bertz CT molecular complexity index is 611. The van der Waals surface area contributed by atoms with Crippen LogP contribution in [0.5, 0.6) is 5.75 Å². The van der Waals surface area contributed by atoms with Gasteiger partial charge in [-0.05, 0) is 12.1 Å². The quantitative estimate of drug-likeness (QED) is 0.474. The standard InChI is InChI=1S/C13H13ClN2O2/c1-7(2)13-15-11-9(12(14)16-13)5-4-6-10(11)18-8(3)17/h4-7H,1-3H3. The van der Waals surface area contributed by atoms with E-state index < -0.39 is 0 Å². The Morgan fingerprint density at radius 2 is 2.06 bits per heavy atom. The highest BCUT2D eigenvalue weighted by Gasteiger charge is 2.13. The lowest BCUT2D eigenvalue weighted by atomic mass is 10.2. The van der Waals surface area contributed by atoms with Crippen LogP contribution in [0.1, 0.15) is 32.5 Å². The predicted molar refractivity (Wildman–Crippen MR) is 69.9 cm³/mol. The highest BCUT2D eigenvalue weighted by molar-refractivity contribution is 6.34. The predicted octanol–water partition coefficient (Wildman–Crippen LogP) is 3.33. The Morgan fingerprint density at radius 3 is 2.67 bits per heavy atom. The van der Waals surface area contributed by atoms with Crippen molar-refractivity contribution in [2.45, 2.75) is 26.7 Å². The number of carbonyl (C=O) groups is 1. The zero-order valence-electron chi connectivity index (χ0n) is 10.4. The maximum Gasteiger partial charge on any atom is 0.308 e. The van der Waals surface area contributed by atoms with E-state index in [0.717, 1.165) is 0 Å². The molecule has 94 valence electrons. The number of carbonyl (C=O) groups excluding carboxylic acids is 1. The van der Waals surface area contributed by atoms with E-state index in [0.29, 0.717) is 27.6 Å². The van der Waals surface area contributed by atoms with Crippen LogP contribution in [-0.4, -0.2) is 15.9 Å². The molecule has 0 saturated carbocycles. The lowest BCUT2D eigenvalue weighted by Gasteiger charge is -2.09. The number of fused-ring (bicyclic) bond motifs is 1. The minimum absolute atomic E-state index is 0.150. The third-order valence-electron chi connectivity index (χ3n) is 2.43. The zero-order valence-corrected chi connectivity index (χ0v) is 11.2. The molecule has 4 nitrogen and oxygen atoms in total. The van der Waals surface area contributed by atoms with Crippen molar-refractivity contribution >= 4 is 28.5 Å². The molecule has 2 rings (SSSR count). The Hall–Kier alpha value is -1.68. The summed E-state index contributed by atoms with van der Waals surface area (Å²) in [7, 11) is 0. The molecule has 2 aromatic rings. The van der Waals surface area contributed by atoms with E-state index in [-0.39, 0.29) is 11.9 Å². The van der Waals surface area contributed by atoms with Crippen LogP contribution in [-0.2, 0) is 4.79 Å². The molecular weight excluding hydrogens is 252 g/mol. The summed E-state index contributed by atoms with van der Waals surface area (Å²) in [5.41, 5.74) is 0.566. The first-order chi connectivity index (χ1) is 8.49. The van der Waals surface area contributed by atoms with Crippen LogP contribution in [0.25, 0.3) is 10.9 Å². The normalized spacial score (nSPS) is 10.9. The first kappa shape index (κ1) is 12.8. The number of halogens is 1. The van der Waals surface area contributed by atoms with E-state index in [4.69, 9.17) is 16.3 Å². The van der Waals surface area contributed by atoms with Crippen LogP contribution in [0.15, 0.2) is 18.2 Å². The van der Waals surface area contributed by atoms with Crippen molar-refractivity contribution in [3.8, 4) is 5.75 Å². The number of aromatic nitrogens is 2. The molecule has 0 aliphatic rings. The SMILES string of the molecule is CC(=O)Oc1cccc2c(Cl)nc(C(C)C)nc12. The van der Waals surface area contributed by atoms with Crippen LogP contribution < -0.4 is 4.74 Å². The highest BCUT2D eigenvalue weighted by Crippen LogP contribution is 2.29. The van der Waals surface area contributed by atoms with E-state index in [1.807, 2.05) is 13.8 Å². The van der Waals surface area contributed by atoms with Crippen molar-refractivity contribution in [1.82, 2.24) is 9.97 Å². The van der Waals surface area contributed by atoms with E-state index in [2.05, 4.69) is 9.97 Å². The van der Waals surface area contributed by atoms with Gasteiger partial charge in [0.05, 0.1) is 0 Å². The molecule has 0 aliphatic heterocycles. The fourth-order valence-corrected chi connectivity index (χ4v) is 1.84. The average Bonchev–Trinajstić information content (AvgIpc) is 2.29. The second-order valence-corrected chi connectivity index (χ2v) is 4.63. The molecule has 0 atom stereocenters. The molecule has 0 radical (unpaired) electrons. The van der Waals surface area contributed by atoms with Gasteiger partial charge < -0.3 is 4.74 Å². The maximum absolute atomic E-state index is 11.1. The van der Waals surface area contributed by atoms with Crippen LogP contribution in [0, 0.1) is 0 Å². The molecule has 0 spiro atoms. The first-order valence-corrected chi connectivity index (χ1v) is 6.01. The molecule has 5 heteroatoms. The van der Waals surface area contributed by atoms with Crippen molar-refractivity contribution in [3.63, 3.8) is 0 Å². The maximum atomic E-state index is 11.1. The molecule has 1 aromatic heterocycles. The molecule has 18 heavy (non-hydrogen) atoms. The molecule has 0 bridgehead atoms. The fourth-order valence-electron chi connectivity index (χ4n) is 1.60. The topological polar surface area (TPSA) is 52.1 Å². The van der Waals surface area contributed by atoms with Crippen LogP contribution >= 0.6 is 11.6 Å². The molecule has 0 aliphatic carbocycles. The number of para-hydroxylation sites is 1. The Balaban J connectivity index is 2.69. The van der Waals surface area contributed by atoms with E-state index >= 15 is 0 Å². The zero-order chi connectivity index (χ0) is 13.3. The van der Waals surface area contributed by atoms with Gasteiger partial charge in [-0.25, -0.2) is 9.97 Å². The molecular formula is C13H13ClN2O2. The molecule has 0 fully saturated rings. The molecule has 1 aromatic carbocycles. The van der Waals surface area contributed by atoms with Gasteiger partial charge >= 0.3 is 5.97 Å². The van der Waals surface area contributed by atoms with Crippen molar-refractivity contribution in [1.29, 1.82) is 0 Å². The van der Waals surface area contributed by atoms with Gasteiger partial charge in [-0.1, -0.05) is 31.5 Å². The van der Waals surface area contributed by atoms with Crippen molar-refractivity contribution in [2.75, 3.05) is 0 Å². The lowest BCUT2D eigenvalue weighted by Crippen LogP contribution is -2.04. The third-order valence-corrected chi connectivity index (χ3v) is 2.72. The smallest absolute Gasteiger partial charge is 0.308 e. The fraction of sp³-hybridized carbons (Fsp3) is 0.308.